The van der Waals surface area contributed by atoms with Crippen molar-refractivity contribution in [2.45, 2.75) is 39.7 Å². The quantitative estimate of drug-likeness (QED) is 0.839. The Morgan fingerprint density at radius 3 is 2.56 bits per heavy atom. The Hall–Kier alpha value is -0.860. The molecule has 0 saturated carbocycles. The number of nitrogens with zero attached hydrogens (tertiary/aromatic N) is 1. The number of hydrogen-bond donors (Lipinski definition) is 1. The minimum Gasteiger partial charge on any atom is -0.251 e. The van der Waals surface area contributed by atoms with Crippen LogP contribution in [0.2, 0.25) is 0 Å². The molecule has 1 aliphatic heterocycles. The third-order valence-corrected chi connectivity index (χ3v) is 3.35. The van der Waals surface area contributed by atoms with Crippen LogP contribution in [-0.2, 0) is 6.54 Å². The van der Waals surface area contributed by atoms with E-state index in [1.165, 1.54) is 49.0 Å². The van der Waals surface area contributed by atoms with E-state index in [1.807, 2.05) is 0 Å². The second kappa shape index (κ2) is 5.46. The maximum atomic E-state index is 3.53. The molecule has 1 N–H and O–H groups in total. The van der Waals surface area contributed by atoms with Crippen LogP contribution in [0.3, 0.4) is 0 Å². The van der Waals surface area contributed by atoms with Gasteiger partial charge in [0, 0.05) is 19.6 Å². The zero-order valence-electron chi connectivity index (χ0n) is 10.4. The molecular weight excluding hydrogens is 196 g/mol. The molecule has 1 aromatic rings. The van der Waals surface area contributed by atoms with Gasteiger partial charge >= 0.3 is 0 Å². The molecule has 2 heteroatoms. The lowest BCUT2D eigenvalue weighted by Gasteiger charge is -2.27. The Morgan fingerprint density at radius 2 is 1.88 bits per heavy atom. The molecule has 1 heterocycles. The monoisotopic (exact) mass is 218 g/mol. The lowest BCUT2D eigenvalue weighted by atomic mass is 10.1. The minimum atomic E-state index is 0.964. The van der Waals surface area contributed by atoms with Crippen molar-refractivity contribution in [1.82, 2.24) is 10.4 Å². The molecule has 88 valence electrons. The van der Waals surface area contributed by atoms with Gasteiger partial charge in [0.25, 0.3) is 0 Å². The van der Waals surface area contributed by atoms with Gasteiger partial charge < -0.3 is 0 Å². The predicted molar refractivity (Wildman–Crippen MR) is 68.2 cm³/mol. The highest BCUT2D eigenvalue weighted by molar-refractivity contribution is 5.30. The molecule has 0 unspecified atom stereocenters. The van der Waals surface area contributed by atoms with Gasteiger partial charge in [-0.05, 0) is 37.8 Å². The van der Waals surface area contributed by atoms with E-state index in [-0.39, 0.29) is 0 Å². The van der Waals surface area contributed by atoms with Gasteiger partial charge in [0.1, 0.15) is 0 Å². The van der Waals surface area contributed by atoms with Crippen LogP contribution in [0.4, 0.5) is 0 Å². The van der Waals surface area contributed by atoms with Crippen molar-refractivity contribution in [2.75, 3.05) is 13.1 Å². The number of hydrazine groups is 1. The maximum absolute atomic E-state index is 3.53. The van der Waals surface area contributed by atoms with E-state index < -0.39 is 0 Å². The van der Waals surface area contributed by atoms with Crippen molar-refractivity contribution >= 4 is 0 Å². The standard InChI is InChI=1S/C14H22N2/c1-12-6-7-14(13(2)10-12)11-15-16-8-4-3-5-9-16/h6-7,10,15H,3-5,8-9,11H2,1-2H3. The smallest absolute Gasteiger partial charge is 0.0356 e. The SMILES string of the molecule is Cc1ccc(CNN2CCCCC2)c(C)c1. The topological polar surface area (TPSA) is 15.3 Å². The summed E-state index contributed by atoms with van der Waals surface area (Å²) in [6.07, 6.45) is 4.06. The molecule has 0 aliphatic carbocycles. The summed E-state index contributed by atoms with van der Waals surface area (Å²) < 4.78 is 0. The van der Waals surface area contributed by atoms with Gasteiger partial charge in [-0.1, -0.05) is 30.2 Å². The summed E-state index contributed by atoms with van der Waals surface area (Å²) in [5, 5.41) is 2.36. The minimum absolute atomic E-state index is 0.964. The molecule has 0 bridgehead atoms. The molecule has 2 nitrogen and oxygen atoms in total. The molecule has 0 aromatic heterocycles. The van der Waals surface area contributed by atoms with Crippen molar-refractivity contribution < 1.29 is 0 Å². The normalized spacial score (nSPS) is 17.6. The first-order chi connectivity index (χ1) is 7.75. The van der Waals surface area contributed by atoms with Crippen molar-refractivity contribution in [3.05, 3.63) is 34.9 Å². The molecule has 1 aliphatic rings. The fraction of sp³-hybridized carbons (Fsp3) is 0.571. The zero-order chi connectivity index (χ0) is 11.4. The Bertz CT molecular complexity index is 341. The Balaban J connectivity index is 1.88. The van der Waals surface area contributed by atoms with Crippen molar-refractivity contribution in [3.8, 4) is 0 Å². The van der Waals surface area contributed by atoms with Gasteiger partial charge in [-0.3, -0.25) is 5.43 Å². The van der Waals surface area contributed by atoms with Gasteiger partial charge in [-0.25, -0.2) is 5.01 Å². The largest absolute Gasteiger partial charge is 0.251 e. The Morgan fingerprint density at radius 1 is 1.12 bits per heavy atom. The first-order valence-electron chi connectivity index (χ1n) is 6.30. The van der Waals surface area contributed by atoms with E-state index >= 15 is 0 Å². The van der Waals surface area contributed by atoms with Crippen LogP contribution in [0, 0.1) is 13.8 Å². The number of benzene rings is 1. The number of hydrogen-bond acceptors (Lipinski definition) is 2. The van der Waals surface area contributed by atoms with Crippen LogP contribution in [-0.4, -0.2) is 18.1 Å². The average Bonchev–Trinajstić information content (AvgIpc) is 2.29. The zero-order valence-corrected chi connectivity index (χ0v) is 10.4. The number of nitrogens with one attached hydrogen (secondary N) is 1. The highest BCUT2D eigenvalue weighted by Gasteiger charge is 2.09. The van der Waals surface area contributed by atoms with Crippen LogP contribution in [0.25, 0.3) is 0 Å². The van der Waals surface area contributed by atoms with E-state index in [0.717, 1.165) is 6.54 Å². The summed E-state index contributed by atoms with van der Waals surface area (Å²) in [7, 11) is 0. The van der Waals surface area contributed by atoms with Crippen molar-refractivity contribution in [1.29, 1.82) is 0 Å². The lowest BCUT2D eigenvalue weighted by Crippen LogP contribution is -2.41. The third-order valence-electron chi connectivity index (χ3n) is 3.35. The molecule has 0 radical (unpaired) electrons. The highest BCUT2D eigenvalue weighted by Crippen LogP contribution is 2.11. The summed E-state index contributed by atoms with van der Waals surface area (Å²) in [6.45, 7) is 7.71. The molecular formula is C14H22N2. The fourth-order valence-electron chi connectivity index (χ4n) is 2.29. The average molecular weight is 218 g/mol. The van der Waals surface area contributed by atoms with Gasteiger partial charge in [-0.15, -0.1) is 0 Å². The van der Waals surface area contributed by atoms with E-state index in [4.69, 9.17) is 0 Å². The van der Waals surface area contributed by atoms with Gasteiger partial charge in [0.2, 0.25) is 0 Å². The summed E-state index contributed by atoms with van der Waals surface area (Å²) in [6, 6.07) is 6.69. The van der Waals surface area contributed by atoms with Crippen LogP contribution < -0.4 is 5.43 Å². The first kappa shape index (κ1) is 11.6. The van der Waals surface area contributed by atoms with Crippen molar-refractivity contribution in [2.24, 2.45) is 0 Å². The van der Waals surface area contributed by atoms with E-state index in [2.05, 4.69) is 42.5 Å². The second-order valence-electron chi connectivity index (χ2n) is 4.81. The van der Waals surface area contributed by atoms with Crippen molar-refractivity contribution in [3.63, 3.8) is 0 Å². The molecule has 1 saturated heterocycles. The number of aryl methyl sites for hydroxylation is 2. The predicted octanol–water partition coefficient (Wildman–Crippen LogP) is 2.79. The summed E-state index contributed by atoms with van der Waals surface area (Å²) in [5.74, 6) is 0. The summed E-state index contributed by atoms with van der Waals surface area (Å²) in [5.41, 5.74) is 7.68. The summed E-state index contributed by atoms with van der Waals surface area (Å²) >= 11 is 0. The third kappa shape index (κ3) is 3.06. The lowest BCUT2D eigenvalue weighted by molar-refractivity contribution is 0.151. The first-order valence-corrected chi connectivity index (χ1v) is 6.30. The molecule has 2 rings (SSSR count). The van der Waals surface area contributed by atoms with Gasteiger partial charge in [0.05, 0.1) is 0 Å². The fourth-order valence-corrected chi connectivity index (χ4v) is 2.29. The second-order valence-corrected chi connectivity index (χ2v) is 4.81. The molecule has 0 amide bonds. The van der Waals surface area contributed by atoms with E-state index in [0.29, 0.717) is 0 Å². The molecule has 16 heavy (non-hydrogen) atoms. The number of piperidine rings is 1. The Labute approximate surface area is 98.6 Å². The van der Waals surface area contributed by atoms with Crippen LogP contribution in [0.1, 0.15) is 36.0 Å². The van der Waals surface area contributed by atoms with Crippen LogP contribution >= 0.6 is 0 Å². The molecule has 0 atom stereocenters. The highest BCUT2D eigenvalue weighted by atomic mass is 15.5. The van der Waals surface area contributed by atoms with Gasteiger partial charge in [0.15, 0.2) is 0 Å². The molecule has 0 spiro atoms. The van der Waals surface area contributed by atoms with E-state index in [1.54, 1.807) is 0 Å². The Kier molecular flexibility index (Phi) is 3.97. The van der Waals surface area contributed by atoms with Crippen LogP contribution in [0.15, 0.2) is 18.2 Å². The molecule has 1 aromatic carbocycles. The summed E-state index contributed by atoms with van der Waals surface area (Å²) in [4.78, 5) is 0. The molecule has 1 fully saturated rings. The van der Waals surface area contributed by atoms with Gasteiger partial charge in [-0.2, -0.15) is 0 Å². The van der Waals surface area contributed by atoms with E-state index in [9.17, 15) is 0 Å². The maximum Gasteiger partial charge on any atom is 0.0356 e. The van der Waals surface area contributed by atoms with Crippen LogP contribution in [0.5, 0.6) is 0 Å². The number of rotatable bonds is 3.